The van der Waals surface area contributed by atoms with Gasteiger partial charge in [0.05, 0.1) is 18.0 Å². The van der Waals surface area contributed by atoms with Crippen LogP contribution in [-0.2, 0) is 4.74 Å². The van der Waals surface area contributed by atoms with Gasteiger partial charge in [0.1, 0.15) is 6.10 Å². The average Bonchev–Trinajstić information content (AvgIpc) is 2.68. The number of rotatable bonds is 4. The van der Waals surface area contributed by atoms with Crippen LogP contribution in [0, 0.1) is 0 Å². The van der Waals surface area contributed by atoms with Gasteiger partial charge in [0, 0.05) is 12.3 Å². The summed E-state index contributed by atoms with van der Waals surface area (Å²) in [6.45, 7) is -0.332. The quantitative estimate of drug-likeness (QED) is 0.623. The molecule has 1 fully saturated rings. The fourth-order valence-electron chi connectivity index (χ4n) is 1.94. The Labute approximate surface area is 116 Å². The standard InChI is InChI=1S/C10H14N2O5S2/c1-18-19-8-7(15)5(4-13)17-9(8)12-3-2-6(14)11-10(12)16/h2-3,5,7-9,13,15H,4H2,1H3,(H,11,14,16)/t5-,7-,8-,9-/m1/s1. The van der Waals surface area contributed by atoms with Crippen LogP contribution in [0.2, 0.25) is 0 Å². The summed E-state index contributed by atoms with van der Waals surface area (Å²) in [5.41, 5.74) is -1.09. The van der Waals surface area contributed by atoms with E-state index in [-0.39, 0.29) is 6.61 Å². The summed E-state index contributed by atoms with van der Waals surface area (Å²) in [6.07, 6.45) is 0.816. The molecule has 0 bridgehead atoms. The van der Waals surface area contributed by atoms with Gasteiger partial charge in [-0.15, -0.1) is 0 Å². The molecule has 1 aliphatic heterocycles. The lowest BCUT2D eigenvalue weighted by Crippen LogP contribution is -2.36. The Kier molecular flexibility index (Phi) is 4.74. The van der Waals surface area contributed by atoms with Crippen LogP contribution in [0.5, 0.6) is 0 Å². The first-order valence-corrected chi connectivity index (χ1v) is 8.16. The average molecular weight is 306 g/mol. The number of aromatic nitrogens is 2. The molecule has 1 aromatic rings. The Morgan fingerprint density at radius 2 is 2.26 bits per heavy atom. The second-order valence-electron chi connectivity index (χ2n) is 3.98. The Morgan fingerprint density at radius 1 is 1.53 bits per heavy atom. The summed E-state index contributed by atoms with van der Waals surface area (Å²) in [4.78, 5) is 24.9. The highest BCUT2D eigenvalue weighted by Crippen LogP contribution is 2.41. The highest BCUT2D eigenvalue weighted by molar-refractivity contribution is 8.76. The molecule has 2 rings (SSSR count). The van der Waals surface area contributed by atoms with Crippen molar-refractivity contribution in [2.75, 3.05) is 12.9 Å². The molecule has 0 aromatic carbocycles. The molecule has 0 saturated carbocycles. The molecule has 0 radical (unpaired) electrons. The van der Waals surface area contributed by atoms with Crippen LogP contribution in [0.3, 0.4) is 0 Å². The highest BCUT2D eigenvalue weighted by Gasteiger charge is 2.45. The maximum atomic E-state index is 11.7. The number of hydrogen-bond acceptors (Lipinski definition) is 7. The summed E-state index contributed by atoms with van der Waals surface area (Å²) in [6, 6.07) is 1.21. The van der Waals surface area contributed by atoms with Gasteiger partial charge in [-0.25, -0.2) is 4.79 Å². The lowest BCUT2D eigenvalue weighted by atomic mass is 10.2. The van der Waals surface area contributed by atoms with E-state index in [1.54, 1.807) is 0 Å². The van der Waals surface area contributed by atoms with Crippen molar-refractivity contribution in [1.82, 2.24) is 9.55 Å². The minimum Gasteiger partial charge on any atom is -0.394 e. The van der Waals surface area contributed by atoms with Gasteiger partial charge in [-0.3, -0.25) is 14.3 Å². The number of aliphatic hydroxyl groups is 2. The van der Waals surface area contributed by atoms with E-state index in [1.807, 2.05) is 6.26 Å². The lowest BCUT2D eigenvalue weighted by molar-refractivity contribution is -0.0457. The molecule has 7 nitrogen and oxygen atoms in total. The molecule has 0 amide bonds. The number of ether oxygens (including phenoxy) is 1. The molecule has 106 valence electrons. The number of nitrogens with one attached hydrogen (secondary N) is 1. The van der Waals surface area contributed by atoms with Crippen molar-refractivity contribution in [1.29, 1.82) is 0 Å². The molecule has 0 unspecified atom stereocenters. The van der Waals surface area contributed by atoms with E-state index < -0.39 is 34.9 Å². The van der Waals surface area contributed by atoms with Gasteiger partial charge in [0.15, 0.2) is 6.23 Å². The van der Waals surface area contributed by atoms with Crippen LogP contribution in [0.25, 0.3) is 0 Å². The van der Waals surface area contributed by atoms with Gasteiger partial charge in [0.25, 0.3) is 5.56 Å². The molecule has 0 spiro atoms. The summed E-state index contributed by atoms with van der Waals surface area (Å²) < 4.78 is 6.72. The number of nitrogens with zero attached hydrogens (tertiary/aromatic N) is 1. The number of hydrogen-bond donors (Lipinski definition) is 3. The summed E-state index contributed by atoms with van der Waals surface area (Å²) in [7, 11) is 2.79. The van der Waals surface area contributed by atoms with Gasteiger partial charge in [-0.2, -0.15) is 0 Å². The first kappa shape index (κ1) is 14.7. The molecule has 4 atom stereocenters. The number of aromatic amines is 1. The Bertz CT molecular complexity index is 545. The van der Waals surface area contributed by atoms with E-state index in [0.29, 0.717) is 0 Å². The normalized spacial score (nSPS) is 30.7. The van der Waals surface area contributed by atoms with Crippen molar-refractivity contribution in [3.63, 3.8) is 0 Å². The topological polar surface area (TPSA) is 105 Å². The third-order valence-electron chi connectivity index (χ3n) is 2.83. The molecule has 9 heteroatoms. The molecule has 0 aliphatic carbocycles. The largest absolute Gasteiger partial charge is 0.394 e. The predicted octanol–water partition coefficient (Wildman–Crippen LogP) is -0.833. The molecule has 3 N–H and O–H groups in total. The third kappa shape index (κ3) is 2.90. The molecule has 1 aromatic heterocycles. The van der Waals surface area contributed by atoms with E-state index in [0.717, 1.165) is 0 Å². The third-order valence-corrected chi connectivity index (χ3v) is 5.00. The van der Waals surface area contributed by atoms with Crippen molar-refractivity contribution < 1.29 is 14.9 Å². The highest BCUT2D eigenvalue weighted by atomic mass is 33.1. The minimum atomic E-state index is -0.883. The second-order valence-corrected chi connectivity index (χ2v) is 6.63. The Balaban J connectivity index is 2.36. The van der Waals surface area contributed by atoms with E-state index in [2.05, 4.69) is 4.98 Å². The van der Waals surface area contributed by atoms with E-state index in [4.69, 9.17) is 9.84 Å². The lowest BCUT2D eigenvalue weighted by Gasteiger charge is -2.19. The van der Waals surface area contributed by atoms with Crippen molar-refractivity contribution in [2.24, 2.45) is 0 Å². The fraction of sp³-hybridized carbons (Fsp3) is 0.600. The van der Waals surface area contributed by atoms with Gasteiger partial charge >= 0.3 is 5.69 Å². The maximum Gasteiger partial charge on any atom is 0.330 e. The zero-order valence-electron chi connectivity index (χ0n) is 10.1. The molecule has 1 aliphatic rings. The smallest absolute Gasteiger partial charge is 0.330 e. The molecule has 19 heavy (non-hydrogen) atoms. The van der Waals surface area contributed by atoms with Crippen molar-refractivity contribution in [3.8, 4) is 0 Å². The van der Waals surface area contributed by atoms with Crippen molar-refractivity contribution in [2.45, 2.75) is 23.7 Å². The van der Waals surface area contributed by atoms with Gasteiger partial charge in [0.2, 0.25) is 0 Å². The van der Waals surface area contributed by atoms with Crippen LogP contribution in [0.15, 0.2) is 21.9 Å². The summed E-state index contributed by atoms with van der Waals surface area (Å²) in [5, 5.41) is 18.8. The summed E-state index contributed by atoms with van der Waals surface area (Å²) >= 11 is 0. The first-order chi connectivity index (χ1) is 9.08. The number of aliphatic hydroxyl groups excluding tert-OH is 2. The van der Waals surface area contributed by atoms with Crippen LogP contribution < -0.4 is 11.2 Å². The predicted molar refractivity (Wildman–Crippen MR) is 73.2 cm³/mol. The second kappa shape index (κ2) is 6.14. The zero-order valence-corrected chi connectivity index (χ0v) is 11.7. The first-order valence-electron chi connectivity index (χ1n) is 5.53. The van der Waals surface area contributed by atoms with Crippen LogP contribution in [0.1, 0.15) is 6.23 Å². The molecule has 2 heterocycles. The summed E-state index contributed by atoms with van der Waals surface area (Å²) in [5.74, 6) is 0. The van der Waals surface area contributed by atoms with E-state index >= 15 is 0 Å². The Morgan fingerprint density at radius 3 is 2.84 bits per heavy atom. The van der Waals surface area contributed by atoms with Crippen LogP contribution in [-0.4, -0.2) is 50.1 Å². The van der Waals surface area contributed by atoms with Crippen LogP contribution in [0.4, 0.5) is 0 Å². The number of H-pyrrole nitrogens is 1. The van der Waals surface area contributed by atoms with Gasteiger partial charge in [-0.1, -0.05) is 21.6 Å². The fourth-order valence-corrected chi connectivity index (χ4v) is 4.03. The maximum absolute atomic E-state index is 11.7. The van der Waals surface area contributed by atoms with Crippen LogP contribution >= 0.6 is 21.6 Å². The van der Waals surface area contributed by atoms with Crippen molar-refractivity contribution in [3.05, 3.63) is 33.1 Å². The SMILES string of the molecule is CSS[C@@H]1[C@H](O)[C@@H](CO)O[C@H]1n1ccc(=O)[nH]c1=O. The molecular formula is C10H14N2O5S2. The molecular weight excluding hydrogens is 292 g/mol. The Hall–Kier alpha value is -0.740. The van der Waals surface area contributed by atoms with Crippen molar-refractivity contribution >= 4 is 21.6 Å². The molecule has 1 saturated heterocycles. The van der Waals surface area contributed by atoms with E-state index in [9.17, 15) is 14.7 Å². The monoisotopic (exact) mass is 306 g/mol. The van der Waals surface area contributed by atoms with Gasteiger partial charge < -0.3 is 14.9 Å². The van der Waals surface area contributed by atoms with Gasteiger partial charge in [-0.05, 0) is 6.26 Å². The van der Waals surface area contributed by atoms with E-state index in [1.165, 1.54) is 38.4 Å². The minimum absolute atomic E-state index is 0.332. The zero-order chi connectivity index (χ0) is 14.0.